The van der Waals surface area contributed by atoms with E-state index in [-0.39, 0.29) is 29.5 Å². The number of rotatable bonds is 9. The summed E-state index contributed by atoms with van der Waals surface area (Å²) < 4.78 is 29.5. The first kappa shape index (κ1) is 21.9. The topological polar surface area (TPSA) is 95.0 Å². The van der Waals surface area contributed by atoms with E-state index in [1.165, 1.54) is 18.2 Å². The number of phenolic OH excluding ortho intramolecular Hbond substituents is 1. The minimum Gasteiger partial charge on any atom is -0.507 e. The van der Waals surface area contributed by atoms with Gasteiger partial charge in [0.2, 0.25) is 0 Å². The molecule has 0 saturated heterocycles. The van der Waals surface area contributed by atoms with Crippen molar-refractivity contribution in [3.8, 4) is 11.5 Å². The van der Waals surface area contributed by atoms with Crippen molar-refractivity contribution in [3.05, 3.63) is 59.7 Å². The summed E-state index contributed by atoms with van der Waals surface area (Å²) in [6, 6.07) is 12.7. The van der Waals surface area contributed by atoms with E-state index < -0.39 is 6.61 Å². The van der Waals surface area contributed by atoms with Crippen LogP contribution in [-0.4, -0.2) is 43.2 Å². The minimum atomic E-state index is -2.90. The molecule has 29 heavy (non-hydrogen) atoms. The van der Waals surface area contributed by atoms with E-state index in [2.05, 4.69) is 25.7 Å². The molecule has 9 heteroatoms. The number of hydrogen-bond donors (Lipinski definition) is 4. The van der Waals surface area contributed by atoms with Crippen LogP contribution < -0.4 is 20.7 Å². The molecule has 2 aromatic carbocycles. The van der Waals surface area contributed by atoms with Crippen molar-refractivity contribution >= 4 is 11.9 Å². The van der Waals surface area contributed by atoms with Crippen LogP contribution in [-0.2, 0) is 6.54 Å². The molecule has 0 aliphatic rings. The number of benzene rings is 2. The fourth-order valence-corrected chi connectivity index (χ4v) is 2.47. The van der Waals surface area contributed by atoms with Crippen molar-refractivity contribution in [3.63, 3.8) is 0 Å². The van der Waals surface area contributed by atoms with Crippen LogP contribution in [0.5, 0.6) is 11.5 Å². The highest BCUT2D eigenvalue weighted by atomic mass is 19.3. The molecule has 0 spiro atoms. The number of guanidine groups is 1. The smallest absolute Gasteiger partial charge is 0.387 e. The third-order valence-electron chi connectivity index (χ3n) is 3.79. The molecule has 0 unspecified atom stereocenters. The molecule has 1 amide bonds. The molecule has 4 N–H and O–H groups in total. The number of amides is 1. The fraction of sp³-hybridized carbons (Fsp3) is 0.300. The number of hydrogen-bond acceptors (Lipinski definition) is 4. The summed E-state index contributed by atoms with van der Waals surface area (Å²) in [7, 11) is 0. The molecular formula is C20H24F2N4O3. The molecule has 156 valence electrons. The van der Waals surface area contributed by atoms with Crippen LogP contribution in [0.1, 0.15) is 22.8 Å². The third-order valence-corrected chi connectivity index (χ3v) is 3.79. The van der Waals surface area contributed by atoms with Gasteiger partial charge in [0.05, 0.1) is 12.1 Å². The Kier molecular flexibility index (Phi) is 8.68. The Bertz CT molecular complexity index is 831. The van der Waals surface area contributed by atoms with Gasteiger partial charge in [-0.05, 0) is 25.1 Å². The van der Waals surface area contributed by atoms with Crippen LogP contribution in [0.15, 0.2) is 53.5 Å². The summed E-state index contributed by atoms with van der Waals surface area (Å²) >= 11 is 0. The molecule has 0 aliphatic carbocycles. The number of para-hydroxylation sites is 2. The first-order chi connectivity index (χ1) is 14.0. The van der Waals surface area contributed by atoms with E-state index in [4.69, 9.17) is 0 Å². The van der Waals surface area contributed by atoms with Crippen LogP contribution in [0, 0.1) is 0 Å². The zero-order valence-electron chi connectivity index (χ0n) is 16.0. The first-order valence-electron chi connectivity index (χ1n) is 9.12. The van der Waals surface area contributed by atoms with Gasteiger partial charge in [0.1, 0.15) is 11.5 Å². The molecule has 0 atom stereocenters. The Morgan fingerprint density at radius 1 is 1.07 bits per heavy atom. The Hall–Kier alpha value is -3.36. The lowest BCUT2D eigenvalue weighted by molar-refractivity contribution is -0.0504. The van der Waals surface area contributed by atoms with Gasteiger partial charge in [-0.2, -0.15) is 8.78 Å². The average Bonchev–Trinajstić information content (AvgIpc) is 2.70. The standard InChI is InChI=1S/C20H24F2N4O3/c1-2-23-20(26-13-14-7-3-6-10-17(14)29-19(21)22)25-12-11-24-18(28)15-8-4-5-9-16(15)27/h3-10,19,27H,2,11-13H2,1H3,(H,24,28)(H2,23,25,26). The fourth-order valence-electron chi connectivity index (χ4n) is 2.47. The number of carbonyl (C=O) groups excluding carboxylic acids is 1. The van der Waals surface area contributed by atoms with E-state index in [1.807, 2.05) is 6.92 Å². The molecule has 0 aliphatic heterocycles. The number of nitrogens with one attached hydrogen (secondary N) is 3. The van der Waals surface area contributed by atoms with Crippen molar-refractivity contribution in [2.24, 2.45) is 4.99 Å². The normalized spacial score (nSPS) is 11.2. The second-order valence-corrected chi connectivity index (χ2v) is 5.88. The molecular weight excluding hydrogens is 382 g/mol. The van der Waals surface area contributed by atoms with E-state index >= 15 is 0 Å². The second kappa shape index (κ2) is 11.5. The van der Waals surface area contributed by atoms with Crippen LogP contribution in [0.4, 0.5) is 8.78 Å². The lowest BCUT2D eigenvalue weighted by atomic mass is 10.2. The van der Waals surface area contributed by atoms with Gasteiger partial charge >= 0.3 is 6.61 Å². The van der Waals surface area contributed by atoms with Gasteiger partial charge < -0.3 is 25.8 Å². The molecule has 0 aromatic heterocycles. The monoisotopic (exact) mass is 406 g/mol. The van der Waals surface area contributed by atoms with Crippen molar-refractivity contribution in [2.45, 2.75) is 20.1 Å². The number of phenols is 1. The highest BCUT2D eigenvalue weighted by Crippen LogP contribution is 2.21. The molecule has 2 aromatic rings. The molecule has 0 fully saturated rings. The van der Waals surface area contributed by atoms with Crippen LogP contribution in [0.3, 0.4) is 0 Å². The first-order valence-corrected chi connectivity index (χ1v) is 9.12. The van der Waals surface area contributed by atoms with Crippen molar-refractivity contribution in [1.29, 1.82) is 0 Å². The Balaban J connectivity index is 1.88. The molecule has 0 radical (unpaired) electrons. The molecule has 0 bridgehead atoms. The predicted molar refractivity (Wildman–Crippen MR) is 106 cm³/mol. The molecule has 0 heterocycles. The van der Waals surface area contributed by atoms with Crippen LogP contribution in [0.2, 0.25) is 0 Å². The number of aliphatic imine (C=N–C) groups is 1. The maximum Gasteiger partial charge on any atom is 0.387 e. The van der Waals surface area contributed by atoms with Gasteiger partial charge in [-0.1, -0.05) is 30.3 Å². The zero-order valence-corrected chi connectivity index (χ0v) is 16.0. The second-order valence-electron chi connectivity index (χ2n) is 5.88. The minimum absolute atomic E-state index is 0.0806. The van der Waals surface area contributed by atoms with E-state index in [1.54, 1.807) is 30.3 Å². The molecule has 0 saturated carbocycles. The van der Waals surface area contributed by atoms with Gasteiger partial charge in [0.25, 0.3) is 5.91 Å². The summed E-state index contributed by atoms with van der Waals surface area (Å²) in [6.07, 6.45) is 0. The molecule has 2 rings (SSSR count). The third kappa shape index (κ3) is 7.28. The highest BCUT2D eigenvalue weighted by molar-refractivity contribution is 5.96. The predicted octanol–water partition coefficient (Wildman–Crippen LogP) is 2.48. The number of carbonyl (C=O) groups is 1. The lowest BCUT2D eigenvalue weighted by Crippen LogP contribution is -2.41. The Morgan fingerprint density at radius 2 is 1.76 bits per heavy atom. The SMILES string of the molecule is CCNC(=NCc1ccccc1OC(F)F)NCCNC(=O)c1ccccc1O. The van der Waals surface area contributed by atoms with Gasteiger partial charge in [-0.15, -0.1) is 0 Å². The Labute approximate surface area is 167 Å². The number of halogens is 2. The van der Waals surface area contributed by atoms with Gasteiger partial charge in [0, 0.05) is 25.2 Å². The quantitative estimate of drug-likeness (QED) is 0.292. The number of aromatic hydroxyl groups is 1. The summed E-state index contributed by atoms with van der Waals surface area (Å²) in [6.45, 7) is 0.404. The van der Waals surface area contributed by atoms with E-state index in [0.717, 1.165) is 0 Å². The van der Waals surface area contributed by atoms with Crippen LogP contribution >= 0.6 is 0 Å². The van der Waals surface area contributed by atoms with Gasteiger partial charge in [-0.3, -0.25) is 4.79 Å². The van der Waals surface area contributed by atoms with E-state index in [9.17, 15) is 18.7 Å². The summed E-state index contributed by atoms with van der Waals surface area (Å²) in [4.78, 5) is 16.4. The van der Waals surface area contributed by atoms with Gasteiger partial charge in [-0.25, -0.2) is 4.99 Å². The largest absolute Gasteiger partial charge is 0.507 e. The van der Waals surface area contributed by atoms with E-state index in [0.29, 0.717) is 31.2 Å². The van der Waals surface area contributed by atoms with Gasteiger partial charge in [0.15, 0.2) is 5.96 Å². The van der Waals surface area contributed by atoms with Crippen LogP contribution in [0.25, 0.3) is 0 Å². The molecule has 7 nitrogen and oxygen atoms in total. The lowest BCUT2D eigenvalue weighted by Gasteiger charge is -2.13. The van der Waals surface area contributed by atoms with Crippen molar-refractivity contribution in [2.75, 3.05) is 19.6 Å². The Morgan fingerprint density at radius 3 is 2.48 bits per heavy atom. The summed E-state index contributed by atoms with van der Waals surface area (Å²) in [5, 5.41) is 18.5. The summed E-state index contributed by atoms with van der Waals surface area (Å²) in [5.74, 6) is 0.0793. The summed E-state index contributed by atoms with van der Waals surface area (Å²) in [5.41, 5.74) is 0.724. The van der Waals surface area contributed by atoms with Crippen molar-refractivity contribution < 1.29 is 23.4 Å². The maximum atomic E-state index is 12.5. The zero-order chi connectivity index (χ0) is 21.1. The number of alkyl halides is 2. The maximum absolute atomic E-state index is 12.5. The average molecular weight is 406 g/mol. The number of ether oxygens (including phenoxy) is 1. The number of nitrogens with zero attached hydrogens (tertiary/aromatic N) is 1. The highest BCUT2D eigenvalue weighted by Gasteiger charge is 2.10. The van der Waals surface area contributed by atoms with Crippen molar-refractivity contribution in [1.82, 2.24) is 16.0 Å².